The number of hydrogen-bond donors (Lipinski definition) is 0. The molecule has 2 bridgehead atoms. The first kappa shape index (κ1) is 16.9. The van der Waals surface area contributed by atoms with Gasteiger partial charge in [-0.15, -0.1) is 0 Å². The van der Waals surface area contributed by atoms with Crippen molar-refractivity contribution in [1.82, 2.24) is 0 Å². The summed E-state index contributed by atoms with van der Waals surface area (Å²) in [6.07, 6.45) is 1.00. The first-order valence-corrected chi connectivity index (χ1v) is 10.3. The first-order chi connectivity index (χ1) is 12.0. The Morgan fingerprint density at radius 1 is 0.920 bits per heavy atom. The van der Waals surface area contributed by atoms with E-state index in [1.54, 1.807) is 0 Å². The number of benzene rings is 2. The maximum absolute atomic E-state index is 13.7. The highest BCUT2D eigenvalue weighted by molar-refractivity contribution is 7.99. The Morgan fingerprint density at radius 2 is 1.44 bits per heavy atom. The molecule has 0 radical (unpaired) electrons. The van der Waals surface area contributed by atoms with Gasteiger partial charge in [0.15, 0.2) is 0 Å². The maximum atomic E-state index is 13.7. The molecule has 2 fully saturated rings. The van der Waals surface area contributed by atoms with E-state index in [0.717, 1.165) is 12.2 Å². The first-order valence-electron chi connectivity index (χ1n) is 9.30. The minimum atomic E-state index is -0.280. The van der Waals surface area contributed by atoms with E-state index in [1.165, 1.54) is 11.1 Å². The number of Topliss-reactive ketones (excluding diaryl/α,β-unsaturated/α-hetero) is 1. The fraction of sp³-hybridized carbons (Fsp3) is 0.435. The van der Waals surface area contributed by atoms with E-state index in [4.69, 9.17) is 0 Å². The molecule has 0 saturated heterocycles. The summed E-state index contributed by atoms with van der Waals surface area (Å²) in [7, 11) is 0. The number of fused-ring (bicyclic) bond motifs is 2. The molecular formula is C23H26OS. The van der Waals surface area contributed by atoms with Crippen LogP contribution in [0.2, 0.25) is 0 Å². The predicted molar refractivity (Wildman–Crippen MR) is 106 cm³/mol. The van der Waals surface area contributed by atoms with Crippen LogP contribution in [0.15, 0.2) is 60.7 Å². The Bertz CT molecular complexity index is 771. The smallest absolute Gasteiger partial charge is 0.147 e. The van der Waals surface area contributed by atoms with Gasteiger partial charge < -0.3 is 0 Å². The van der Waals surface area contributed by atoms with Crippen molar-refractivity contribution in [3.05, 3.63) is 71.8 Å². The highest BCUT2D eigenvalue weighted by Gasteiger charge is 2.72. The summed E-state index contributed by atoms with van der Waals surface area (Å²) in [5.74, 6) is 2.07. The van der Waals surface area contributed by atoms with Gasteiger partial charge in [-0.05, 0) is 23.3 Å². The average molecular weight is 351 g/mol. The zero-order chi connectivity index (χ0) is 17.7. The molecule has 1 nitrogen and oxygen atoms in total. The fourth-order valence-corrected chi connectivity index (χ4v) is 7.09. The lowest BCUT2D eigenvalue weighted by Gasteiger charge is -2.43. The highest BCUT2D eigenvalue weighted by Crippen LogP contribution is 2.72. The largest absolute Gasteiger partial charge is 0.298 e. The van der Waals surface area contributed by atoms with Gasteiger partial charge in [0.2, 0.25) is 0 Å². The van der Waals surface area contributed by atoms with E-state index in [0.29, 0.717) is 11.0 Å². The quantitative estimate of drug-likeness (QED) is 0.706. The van der Waals surface area contributed by atoms with Gasteiger partial charge in [0.25, 0.3) is 0 Å². The van der Waals surface area contributed by atoms with Crippen LogP contribution in [0.25, 0.3) is 0 Å². The molecule has 2 aromatic rings. The van der Waals surface area contributed by atoms with E-state index in [-0.39, 0.29) is 22.7 Å². The third kappa shape index (κ3) is 2.26. The molecule has 0 spiro atoms. The number of carbonyl (C=O) groups is 1. The minimum Gasteiger partial charge on any atom is -0.298 e. The second-order valence-electron chi connectivity index (χ2n) is 7.95. The van der Waals surface area contributed by atoms with Crippen LogP contribution >= 0.6 is 11.8 Å². The minimum absolute atomic E-state index is 0.256. The topological polar surface area (TPSA) is 17.1 Å². The van der Waals surface area contributed by atoms with Gasteiger partial charge in [0.05, 0.1) is 0 Å². The molecule has 130 valence electrons. The third-order valence-corrected chi connectivity index (χ3v) is 8.03. The van der Waals surface area contributed by atoms with Crippen molar-refractivity contribution >= 4 is 17.5 Å². The molecule has 5 atom stereocenters. The summed E-state index contributed by atoms with van der Waals surface area (Å²) < 4.78 is 0. The van der Waals surface area contributed by atoms with Crippen molar-refractivity contribution in [2.24, 2.45) is 10.8 Å². The molecule has 2 aliphatic carbocycles. The molecule has 0 amide bonds. The van der Waals surface area contributed by atoms with Crippen LogP contribution in [0.3, 0.4) is 0 Å². The van der Waals surface area contributed by atoms with Gasteiger partial charge in [0, 0.05) is 27.9 Å². The number of ketones is 1. The number of hydrogen-bond acceptors (Lipinski definition) is 2. The molecule has 25 heavy (non-hydrogen) atoms. The lowest BCUT2D eigenvalue weighted by atomic mass is 9.62. The molecule has 3 unspecified atom stereocenters. The summed E-state index contributed by atoms with van der Waals surface area (Å²) in [6.45, 7) is 6.68. The van der Waals surface area contributed by atoms with E-state index in [9.17, 15) is 4.79 Å². The van der Waals surface area contributed by atoms with Crippen molar-refractivity contribution in [2.45, 2.75) is 44.3 Å². The summed E-state index contributed by atoms with van der Waals surface area (Å²) >= 11 is 1.98. The molecule has 2 saturated carbocycles. The lowest BCUT2D eigenvalue weighted by Crippen LogP contribution is -2.38. The Kier molecular flexibility index (Phi) is 4.07. The van der Waals surface area contributed by atoms with Crippen LogP contribution in [0.1, 0.15) is 50.2 Å². The van der Waals surface area contributed by atoms with Crippen molar-refractivity contribution in [3.8, 4) is 0 Å². The van der Waals surface area contributed by atoms with Crippen molar-refractivity contribution < 1.29 is 4.79 Å². The van der Waals surface area contributed by atoms with E-state index in [2.05, 4.69) is 81.4 Å². The van der Waals surface area contributed by atoms with Crippen molar-refractivity contribution in [3.63, 3.8) is 0 Å². The molecule has 2 aromatic carbocycles. The molecule has 4 rings (SSSR count). The number of thioether (sulfide) groups is 1. The van der Waals surface area contributed by atoms with Gasteiger partial charge in [-0.1, -0.05) is 81.4 Å². The maximum Gasteiger partial charge on any atom is 0.147 e. The second-order valence-corrected chi connectivity index (χ2v) is 9.43. The van der Waals surface area contributed by atoms with Crippen LogP contribution in [0, 0.1) is 10.8 Å². The number of rotatable bonds is 4. The van der Waals surface area contributed by atoms with Crippen LogP contribution < -0.4 is 0 Å². The molecule has 2 heteroatoms. The Labute approximate surface area is 155 Å². The second kappa shape index (κ2) is 6.02. The van der Waals surface area contributed by atoms with E-state index in [1.807, 2.05) is 11.8 Å². The molecular weight excluding hydrogens is 324 g/mol. The summed E-state index contributed by atoms with van der Waals surface area (Å²) in [6, 6.07) is 21.4. The zero-order valence-electron chi connectivity index (χ0n) is 15.2. The molecule has 0 aliphatic heterocycles. The predicted octanol–water partition coefficient (Wildman–Crippen LogP) is 5.67. The van der Waals surface area contributed by atoms with Crippen LogP contribution in [0.4, 0.5) is 0 Å². The monoisotopic (exact) mass is 350 g/mol. The van der Waals surface area contributed by atoms with Crippen molar-refractivity contribution in [2.75, 3.05) is 5.75 Å². The zero-order valence-corrected chi connectivity index (χ0v) is 16.1. The summed E-state index contributed by atoms with van der Waals surface area (Å²) in [5.41, 5.74) is 2.09. The molecule has 0 N–H and O–H groups in total. The summed E-state index contributed by atoms with van der Waals surface area (Å²) in [4.78, 5) is 13.7. The Morgan fingerprint density at radius 3 is 1.96 bits per heavy atom. The molecule has 2 aliphatic rings. The van der Waals surface area contributed by atoms with E-state index >= 15 is 0 Å². The van der Waals surface area contributed by atoms with Crippen LogP contribution in [-0.2, 0) is 4.79 Å². The van der Waals surface area contributed by atoms with Crippen molar-refractivity contribution in [1.29, 1.82) is 0 Å². The van der Waals surface area contributed by atoms with Gasteiger partial charge in [0.1, 0.15) is 5.78 Å². The lowest BCUT2D eigenvalue weighted by molar-refractivity contribution is -0.128. The van der Waals surface area contributed by atoms with Gasteiger partial charge in [-0.3, -0.25) is 4.79 Å². The van der Waals surface area contributed by atoms with E-state index < -0.39 is 0 Å². The fourth-order valence-electron chi connectivity index (χ4n) is 5.63. The average Bonchev–Trinajstić information content (AvgIpc) is 2.94. The number of carbonyl (C=O) groups excluding carboxylic acids is 1. The molecule has 0 heterocycles. The molecule has 0 aromatic heterocycles. The Hall–Kier alpha value is -1.54. The normalized spacial score (nSPS) is 36.8. The van der Waals surface area contributed by atoms with Crippen LogP contribution in [0.5, 0.6) is 0 Å². The summed E-state index contributed by atoms with van der Waals surface area (Å²) in [5, 5.41) is 0.417. The standard InChI is InChI=1S/C23H26OS/c1-4-25-18-15-22(2)19(16-11-7-5-8-12-16)20(23(18,3)21(22)24)17-13-9-6-10-14-17/h5-14,18-20H,4,15H2,1-3H3/t18?,19?,20?,22-,23+/m1/s1. The van der Waals surface area contributed by atoms with Gasteiger partial charge >= 0.3 is 0 Å². The SMILES string of the molecule is CCSC1C[C@@]2(C)C(=O)[C@]1(C)C(c1ccccc1)C2c1ccccc1. The van der Waals surface area contributed by atoms with Crippen LogP contribution in [-0.4, -0.2) is 16.8 Å². The van der Waals surface area contributed by atoms with Gasteiger partial charge in [-0.2, -0.15) is 11.8 Å². The highest BCUT2D eigenvalue weighted by atomic mass is 32.2. The van der Waals surface area contributed by atoms with Gasteiger partial charge in [-0.25, -0.2) is 0 Å². The Balaban J connectivity index is 1.91. The third-order valence-electron chi connectivity index (χ3n) is 6.64.